The lowest BCUT2D eigenvalue weighted by Crippen LogP contribution is -2.18. The molecule has 0 saturated carbocycles. The molecule has 22 heavy (non-hydrogen) atoms. The molecule has 0 aliphatic carbocycles. The van der Waals surface area contributed by atoms with E-state index in [4.69, 9.17) is 0 Å². The van der Waals surface area contributed by atoms with Crippen LogP contribution in [0.2, 0.25) is 0 Å². The minimum atomic E-state index is -0.288. The maximum atomic E-state index is 12.2. The normalized spacial score (nSPS) is 11.1. The quantitative estimate of drug-likeness (QED) is 0.513. The van der Waals surface area contributed by atoms with Gasteiger partial charge in [-0.25, -0.2) is 5.43 Å². The Labute approximate surface area is 127 Å². The Balaban J connectivity index is 1.76. The molecule has 0 saturated heterocycles. The van der Waals surface area contributed by atoms with Crippen molar-refractivity contribution in [2.75, 3.05) is 0 Å². The number of aromatic amines is 1. The Kier molecular flexibility index (Phi) is 3.62. The summed E-state index contributed by atoms with van der Waals surface area (Å²) in [5.41, 5.74) is 5.61. The standard InChI is InChI=1S/C17H15N3O2/c1-11-14-4-2-3-5-15(14)19-16(11)17(22)20-18-10-12-6-8-13(21)9-7-12/h2-10,19,21H,1H3,(H,20,22)/b18-10+. The van der Waals surface area contributed by atoms with Crippen molar-refractivity contribution in [3.63, 3.8) is 0 Å². The number of fused-ring (bicyclic) bond motifs is 1. The predicted molar refractivity (Wildman–Crippen MR) is 86.2 cm³/mol. The average Bonchev–Trinajstić information content (AvgIpc) is 2.87. The molecule has 0 aliphatic heterocycles. The smallest absolute Gasteiger partial charge is 0.288 e. The molecule has 0 atom stereocenters. The van der Waals surface area contributed by atoms with Gasteiger partial charge in [-0.2, -0.15) is 5.10 Å². The van der Waals surface area contributed by atoms with Gasteiger partial charge in [-0.05, 0) is 48.4 Å². The second-order valence-corrected chi connectivity index (χ2v) is 4.96. The molecular formula is C17H15N3O2. The number of amides is 1. The third-order valence-electron chi connectivity index (χ3n) is 3.47. The van der Waals surface area contributed by atoms with Crippen LogP contribution < -0.4 is 5.43 Å². The van der Waals surface area contributed by atoms with Crippen LogP contribution in [-0.2, 0) is 0 Å². The van der Waals surface area contributed by atoms with Gasteiger partial charge in [-0.15, -0.1) is 0 Å². The molecule has 0 bridgehead atoms. The Bertz CT molecular complexity index is 848. The molecule has 0 spiro atoms. The minimum absolute atomic E-state index is 0.190. The van der Waals surface area contributed by atoms with Crippen LogP contribution in [0, 0.1) is 6.92 Å². The second-order valence-electron chi connectivity index (χ2n) is 4.96. The van der Waals surface area contributed by atoms with Gasteiger partial charge in [-0.1, -0.05) is 18.2 Å². The van der Waals surface area contributed by atoms with Crippen LogP contribution in [0.3, 0.4) is 0 Å². The zero-order valence-electron chi connectivity index (χ0n) is 12.0. The maximum absolute atomic E-state index is 12.2. The first-order valence-corrected chi connectivity index (χ1v) is 6.85. The van der Waals surface area contributed by atoms with Gasteiger partial charge in [0.1, 0.15) is 11.4 Å². The molecule has 0 radical (unpaired) electrons. The molecule has 2 aromatic carbocycles. The lowest BCUT2D eigenvalue weighted by Gasteiger charge is -1.99. The van der Waals surface area contributed by atoms with E-state index in [0.29, 0.717) is 5.69 Å². The number of carbonyl (C=O) groups is 1. The molecular weight excluding hydrogens is 278 g/mol. The number of carbonyl (C=O) groups excluding carboxylic acids is 1. The van der Waals surface area contributed by atoms with E-state index in [1.54, 1.807) is 24.3 Å². The summed E-state index contributed by atoms with van der Waals surface area (Å²) < 4.78 is 0. The molecule has 5 heteroatoms. The van der Waals surface area contributed by atoms with Crippen molar-refractivity contribution in [2.24, 2.45) is 5.10 Å². The lowest BCUT2D eigenvalue weighted by molar-refractivity contribution is 0.0950. The number of benzene rings is 2. The molecule has 0 fully saturated rings. The van der Waals surface area contributed by atoms with E-state index in [2.05, 4.69) is 15.5 Å². The number of hydrazone groups is 1. The van der Waals surface area contributed by atoms with E-state index in [1.165, 1.54) is 6.21 Å². The largest absolute Gasteiger partial charge is 0.508 e. The molecule has 3 N–H and O–H groups in total. The first-order valence-electron chi connectivity index (χ1n) is 6.85. The van der Waals surface area contributed by atoms with Gasteiger partial charge < -0.3 is 10.1 Å². The summed E-state index contributed by atoms with van der Waals surface area (Å²) in [5.74, 6) is -0.0985. The number of aryl methyl sites for hydroxylation is 1. The topological polar surface area (TPSA) is 77.5 Å². The summed E-state index contributed by atoms with van der Waals surface area (Å²) in [5, 5.41) is 14.2. The summed E-state index contributed by atoms with van der Waals surface area (Å²) in [6.45, 7) is 1.90. The molecule has 3 rings (SSSR count). The van der Waals surface area contributed by atoms with E-state index in [0.717, 1.165) is 22.0 Å². The molecule has 1 heterocycles. The third-order valence-corrected chi connectivity index (χ3v) is 3.47. The van der Waals surface area contributed by atoms with Crippen molar-refractivity contribution in [3.8, 4) is 5.75 Å². The van der Waals surface area contributed by atoms with Crippen molar-refractivity contribution in [3.05, 3.63) is 65.4 Å². The van der Waals surface area contributed by atoms with Crippen molar-refractivity contribution in [1.29, 1.82) is 0 Å². The molecule has 110 valence electrons. The molecule has 0 aliphatic rings. The Morgan fingerprint density at radius 2 is 1.91 bits per heavy atom. The highest BCUT2D eigenvalue weighted by molar-refractivity contribution is 6.01. The monoisotopic (exact) mass is 293 g/mol. The molecule has 1 amide bonds. The lowest BCUT2D eigenvalue weighted by atomic mass is 10.1. The number of aromatic nitrogens is 1. The number of hydrogen-bond acceptors (Lipinski definition) is 3. The van der Waals surface area contributed by atoms with Crippen molar-refractivity contribution in [2.45, 2.75) is 6.92 Å². The van der Waals surface area contributed by atoms with Crippen LogP contribution in [0.1, 0.15) is 21.6 Å². The van der Waals surface area contributed by atoms with Gasteiger partial charge >= 0.3 is 0 Å². The number of phenols is 1. The van der Waals surface area contributed by atoms with Crippen LogP contribution in [0.15, 0.2) is 53.6 Å². The van der Waals surface area contributed by atoms with E-state index < -0.39 is 0 Å². The Hall–Kier alpha value is -3.08. The van der Waals surface area contributed by atoms with Crippen LogP contribution in [0.25, 0.3) is 10.9 Å². The number of nitrogens with one attached hydrogen (secondary N) is 2. The highest BCUT2D eigenvalue weighted by Gasteiger charge is 2.13. The van der Waals surface area contributed by atoms with Gasteiger partial charge in [-0.3, -0.25) is 4.79 Å². The van der Waals surface area contributed by atoms with Crippen LogP contribution in [0.5, 0.6) is 5.75 Å². The molecule has 5 nitrogen and oxygen atoms in total. The maximum Gasteiger partial charge on any atom is 0.288 e. The van der Waals surface area contributed by atoms with Gasteiger partial charge in [0.15, 0.2) is 0 Å². The summed E-state index contributed by atoms with van der Waals surface area (Å²) in [6, 6.07) is 14.3. The summed E-state index contributed by atoms with van der Waals surface area (Å²) in [6.07, 6.45) is 1.52. The van der Waals surface area contributed by atoms with E-state index >= 15 is 0 Å². The highest BCUT2D eigenvalue weighted by Crippen LogP contribution is 2.21. The zero-order valence-corrected chi connectivity index (χ0v) is 12.0. The van der Waals surface area contributed by atoms with Gasteiger partial charge in [0.05, 0.1) is 6.21 Å². The van der Waals surface area contributed by atoms with Crippen molar-refractivity contribution >= 4 is 23.0 Å². The molecule has 1 aromatic heterocycles. The van der Waals surface area contributed by atoms with Gasteiger partial charge in [0.25, 0.3) is 5.91 Å². The highest BCUT2D eigenvalue weighted by atomic mass is 16.3. The number of H-pyrrole nitrogens is 1. The number of para-hydroxylation sites is 1. The predicted octanol–water partition coefficient (Wildman–Crippen LogP) is 2.95. The fourth-order valence-electron chi connectivity index (χ4n) is 2.29. The average molecular weight is 293 g/mol. The third kappa shape index (κ3) is 2.69. The zero-order chi connectivity index (χ0) is 15.5. The molecule has 3 aromatic rings. The van der Waals surface area contributed by atoms with Crippen LogP contribution >= 0.6 is 0 Å². The van der Waals surface area contributed by atoms with E-state index in [1.807, 2.05) is 31.2 Å². The first kappa shape index (κ1) is 13.9. The van der Waals surface area contributed by atoms with E-state index in [9.17, 15) is 9.90 Å². The van der Waals surface area contributed by atoms with Crippen LogP contribution in [-0.4, -0.2) is 22.2 Å². The van der Waals surface area contributed by atoms with Gasteiger partial charge in [0.2, 0.25) is 0 Å². The Morgan fingerprint density at radius 1 is 1.18 bits per heavy atom. The van der Waals surface area contributed by atoms with Crippen molar-refractivity contribution < 1.29 is 9.90 Å². The summed E-state index contributed by atoms with van der Waals surface area (Å²) >= 11 is 0. The van der Waals surface area contributed by atoms with Gasteiger partial charge in [0, 0.05) is 10.9 Å². The first-order chi connectivity index (χ1) is 10.6. The SMILES string of the molecule is Cc1c(C(=O)N/N=C/c2ccc(O)cc2)[nH]c2ccccc12. The number of phenolic OH excluding ortho intramolecular Hbond substituents is 1. The minimum Gasteiger partial charge on any atom is -0.508 e. The van der Waals surface area contributed by atoms with E-state index in [-0.39, 0.29) is 11.7 Å². The molecule has 0 unspecified atom stereocenters. The summed E-state index contributed by atoms with van der Waals surface area (Å²) in [7, 11) is 0. The number of hydrogen-bond donors (Lipinski definition) is 3. The van der Waals surface area contributed by atoms with Crippen LogP contribution in [0.4, 0.5) is 0 Å². The second kappa shape index (κ2) is 5.73. The Morgan fingerprint density at radius 3 is 2.64 bits per heavy atom. The fraction of sp³-hybridized carbons (Fsp3) is 0.0588. The number of rotatable bonds is 3. The van der Waals surface area contributed by atoms with Crippen molar-refractivity contribution in [1.82, 2.24) is 10.4 Å². The number of aromatic hydroxyl groups is 1. The summed E-state index contributed by atoms with van der Waals surface area (Å²) in [4.78, 5) is 15.3. The fourth-order valence-corrected chi connectivity index (χ4v) is 2.29. The number of nitrogens with zero attached hydrogens (tertiary/aromatic N) is 1.